The zero-order chi connectivity index (χ0) is 16.0. The van der Waals surface area contributed by atoms with E-state index in [0.29, 0.717) is 12.5 Å². The topological polar surface area (TPSA) is 41.6 Å². The molecule has 124 valence electrons. The average Bonchev–Trinajstić information content (AvgIpc) is 2.40. The van der Waals surface area contributed by atoms with Crippen molar-refractivity contribution < 1.29 is 22.7 Å². The molecular formula is C14H25F3N2O2. The van der Waals surface area contributed by atoms with Crippen LogP contribution in [0, 0.1) is 5.92 Å². The number of piperidine rings is 1. The van der Waals surface area contributed by atoms with Gasteiger partial charge in [-0.2, -0.15) is 13.2 Å². The van der Waals surface area contributed by atoms with Gasteiger partial charge in [-0.25, -0.2) is 0 Å². The van der Waals surface area contributed by atoms with Crippen LogP contribution in [0.4, 0.5) is 13.2 Å². The molecule has 7 heteroatoms. The highest BCUT2D eigenvalue weighted by atomic mass is 19.4. The molecule has 0 radical (unpaired) electrons. The van der Waals surface area contributed by atoms with Gasteiger partial charge in [-0.3, -0.25) is 9.69 Å². The molecule has 1 aliphatic rings. The van der Waals surface area contributed by atoms with Gasteiger partial charge in [-0.1, -0.05) is 6.92 Å². The number of ether oxygens (including phenoxy) is 1. The Kier molecular flexibility index (Phi) is 6.93. The molecule has 1 aliphatic heterocycles. The summed E-state index contributed by atoms with van der Waals surface area (Å²) in [6.45, 7) is 6.56. The number of carbonyl (C=O) groups is 1. The van der Waals surface area contributed by atoms with Gasteiger partial charge < -0.3 is 10.1 Å². The first-order chi connectivity index (χ1) is 9.69. The summed E-state index contributed by atoms with van der Waals surface area (Å²) in [7, 11) is 0. The van der Waals surface area contributed by atoms with Crippen molar-refractivity contribution in [1.82, 2.24) is 10.2 Å². The van der Waals surface area contributed by atoms with Crippen LogP contribution in [-0.2, 0) is 9.53 Å². The van der Waals surface area contributed by atoms with E-state index in [1.165, 1.54) is 13.3 Å². The first-order valence-electron chi connectivity index (χ1n) is 7.39. The summed E-state index contributed by atoms with van der Waals surface area (Å²) in [4.78, 5) is 14.0. The van der Waals surface area contributed by atoms with E-state index in [0.717, 1.165) is 19.5 Å². The van der Waals surface area contributed by atoms with Crippen LogP contribution in [0.5, 0.6) is 0 Å². The van der Waals surface area contributed by atoms with Crippen LogP contribution in [-0.4, -0.2) is 55.4 Å². The second kappa shape index (κ2) is 7.98. The maximum atomic E-state index is 12.0. The summed E-state index contributed by atoms with van der Waals surface area (Å²) in [5.41, 5.74) is 0. The van der Waals surface area contributed by atoms with Crippen LogP contribution in [0.15, 0.2) is 0 Å². The number of alkyl halides is 3. The lowest BCUT2D eigenvalue weighted by Crippen LogP contribution is -2.48. The zero-order valence-electron chi connectivity index (χ0n) is 12.9. The number of nitrogens with one attached hydrogen (secondary N) is 1. The number of likely N-dealkylation sites (tertiary alicyclic amines) is 1. The molecule has 1 saturated heterocycles. The van der Waals surface area contributed by atoms with Gasteiger partial charge in [0, 0.05) is 19.1 Å². The number of halogens is 3. The molecule has 3 atom stereocenters. The Morgan fingerprint density at radius 2 is 2.10 bits per heavy atom. The van der Waals surface area contributed by atoms with Gasteiger partial charge in [0.2, 0.25) is 5.91 Å². The molecule has 0 aromatic carbocycles. The molecule has 1 N–H and O–H groups in total. The Bertz CT molecular complexity index is 337. The van der Waals surface area contributed by atoms with E-state index in [-0.39, 0.29) is 6.04 Å². The second-order valence-corrected chi connectivity index (χ2v) is 5.90. The van der Waals surface area contributed by atoms with Crippen LogP contribution >= 0.6 is 0 Å². The minimum Gasteiger partial charge on any atom is -0.359 e. The fourth-order valence-electron chi connectivity index (χ4n) is 2.44. The Balaban J connectivity index is 2.28. The third kappa shape index (κ3) is 7.13. The van der Waals surface area contributed by atoms with Crippen LogP contribution in [0.25, 0.3) is 0 Å². The molecule has 0 aromatic rings. The molecule has 21 heavy (non-hydrogen) atoms. The van der Waals surface area contributed by atoms with Gasteiger partial charge in [0.25, 0.3) is 0 Å². The van der Waals surface area contributed by atoms with Gasteiger partial charge in [0.15, 0.2) is 0 Å². The monoisotopic (exact) mass is 310 g/mol. The van der Waals surface area contributed by atoms with Crippen molar-refractivity contribution in [3.8, 4) is 0 Å². The fourth-order valence-corrected chi connectivity index (χ4v) is 2.44. The molecule has 0 aliphatic carbocycles. The molecule has 0 spiro atoms. The number of carbonyl (C=O) groups excluding carboxylic acids is 1. The van der Waals surface area contributed by atoms with Gasteiger partial charge >= 0.3 is 6.18 Å². The Morgan fingerprint density at radius 3 is 2.67 bits per heavy atom. The largest absolute Gasteiger partial charge is 0.411 e. The number of rotatable bonds is 6. The highest BCUT2D eigenvalue weighted by Gasteiger charge is 2.30. The molecule has 0 saturated carbocycles. The molecule has 4 nitrogen and oxygen atoms in total. The van der Waals surface area contributed by atoms with Gasteiger partial charge in [-0.15, -0.1) is 0 Å². The van der Waals surface area contributed by atoms with E-state index in [9.17, 15) is 18.0 Å². The summed E-state index contributed by atoms with van der Waals surface area (Å²) < 4.78 is 40.5. The highest BCUT2D eigenvalue weighted by Crippen LogP contribution is 2.17. The average molecular weight is 310 g/mol. The number of hydrogen-bond acceptors (Lipinski definition) is 3. The molecule has 0 aromatic heterocycles. The molecule has 3 unspecified atom stereocenters. The SMILES string of the molecule is CC1CCCN(C(C)CNC(=O)C(C)OCC(F)(F)F)C1. The third-order valence-electron chi connectivity index (χ3n) is 3.75. The number of nitrogens with zero attached hydrogens (tertiary/aromatic N) is 1. The minimum atomic E-state index is -4.41. The molecule has 1 rings (SSSR count). The molecular weight excluding hydrogens is 285 g/mol. The summed E-state index contributed by atoms with van der Waals surface area (Å²) in [6, 6.07) is 0.173. The van der Waals surface area contributed by atoms with E-state index in [2.05, 4.69) is 21.9 Å². The van der Waals surface area contributed by atoms with Crippen molar-refractivity contribution in [2.24, 2.45) is 5.92 Å². The predicted molar refractivity (Wildman–Crippen MR) is 73.9 cm³/mol. The van der Waals surface area contributed by atoms with Gasteiger partial charge in [0.05, 0.1) is 0 Å². The maximum absolute atomic E-state index is 12.0. The lowest BCUT2D eigenvalue weighted by Gasteiger charge is -2.35. The smallest absolute Gasteiger partial charge is 0.359 e. The van der Waals surface area contributed by atoms with E-state index < -0.39 is 24.8 Å². The fraction of sp³-hybridized carbons (Fsp3) is 0.929. The van der Waals surface area contributed by atoms with Crippen LogP contribution < -0.4 is 5.32 Å². The van der Waals surface area contributed by atoms with Crippen molar-refractivity contribution in [3.63, 3.8) is 0 Å². The summed E-state index contributed by atoms with van der Waals surface area (Å²) in [6.07, 6.45) is -3.15. The van der Waals surface area contributed by atoms with Crippen molar-refractivity contribution in [1.29, 1.82) is 0 Å². The standard InChI is InChI=1S/C14H25F3N2O2/c1-10-5-4-6-19(8-10)11(2)7-18-13(20)12(3)21-9-14(15,16)17/h10-12H,4-9H2,1-3H3,(H,18,20). The third-order valence-corrected chi connectivity index (χ3v) is 3.75. The molecule has 1 fully saturated rings. The maximum Gasteiger partial charge on any atom is 0.411 e. The Morgan fingerprint density at radius 1 is 1.43 bits per heavy atom. The molecule has 1 amide bonds. The van der Waals surface area contributed by atoms with E-state index in [4.69, 9.17) is 0 Å². The van der Waals surface area contributed by atoms with Crippen LogP contribution in [0.2, 0.25) is 0 Å². The quantitative estimate of drug-likeness (QED) is 0.818. The first kappa shape index (κ1) is 18.2. The Hall–Kier alpha value is -0.820. The van der Waals surface area contributed by atoms with Crippen molar-refractivity contribution in [2.45, 2.75) is 51.9 Å². The van der Waals surface area contributed by atoms with Gasteiger partial charge in [-0.05, 0) is 39.2 Å². The molecule has 1 heterocycles. The van der Waals surface area contributed by atoms with Crippen LogP contribution in [0.1, 0.15) is 33.6 Å². The van der Waals surface area contributed by atoms with E-state index >= 15 is 0 Å². The summed E-state index contributed by atoms with van der Waals surface area (Å²) >= 11 is 0. The normalized spacial score (nSPS) is 23.6. The van der Waals surface area contributed by atoms with Crippen LogP contribution in [0.3, 0.4) is 0 Å². The van der Waals surface area contributed by atoms with Gasteiger partial charge in [0.1, 0.15) is 12.7 Å². The van der Waals surface area contributed by atoms with Crippen molar-refractivity contribution in [3.05, 3.63) is 0 Å². The summed E-state index contributed by atoms with van der Waals surface area (Å²) in [5, 5.41) is 2.66. The van der Waals surface area contributed by atoms with E-state index in [1.54, 1.807) is 0 Å². The molecule has 0 bridgehead atoms. The lowest BCUT2D eigenvalue weighted by atomic mass is 9.99. The first-order valence-corrected chi connectivity index (χ1v) is 7.39. The summed E-state index contributed by atoms with van der Waals surface area (Å²) in [5.74, 6) is 0.141. The zero-order valence-corrected chi connectivity index (χ0v) is 12.9. The van der Waals surface area contributed by atoms with Crippen molar-refractivity contribution in [2.75, 3.05) is 26.2 Å². The van der Waals surface area contributed by atoms with E-state index in [1.807, 2.05) is 6.92 Å². The van der Waals surface area contributed by atoms with Crippen molar-refractivity contribution >= 4 is 5.91 Å². The minimum absolute atomic E-state index is 0.173. The second-order valence-electron chi connectivity index (χ2n) is 5.90. The Labute approximate surface area is 124 Å². The predicted octanol–water partition coefficient (Wildman–Crippen LogP) is 2.19. The highest BCUT2D eigenvalue weighted by molar-refractivity contribution is 5.80. The number of amides is 1. The lowest BCUT2D eigenvalue weighted by molar-refractivity contribution is -0.185. The number of hydrogen-bond donors (Lipinski definition) is 1.